The Labute approximate surface area is 191 Å². The number of hydrogen-bond donors (Lipinski definition) is 2. The molecule has 7 heteroatoms. The zero-order chi connectivity index (χ0) is 22.8. The fourth-order valence-corrected chi connectivity index (χ4v) is 5.00. The van der Waals surface area contributed by atoms with E-state index in [1.807, 2.05) is 51.1 Å². The molecule has 1 amide bonds. The molecule has 1 aliphatic heterocycles. The molecule has 1 aliphatic carbocycles. The van der Waals surface area contributed by atoms with Crippen LogP contribution < -0.4 is 10.6 Å². The molecule has 2 aliphatic rings. The number of nitrogens with one attached hydrogen (secondary N) is 2. The number of dihydropyridines is 1. The number of ketones is 1. The number of rotatable bonds is 5. The van der Waals surface area contributed by atoms with Gasteiger partial charge in [-0.2, -0.15) is 5.26 Å². The first-order valence-corrected chi connectivity index (χ1v) is 11.6. The molecular formula is C25H25N3O3S. The highest BCUT2D eigenvalue weighted by Gasteiger charge is 2.38. The molecule has 0 radical (unpaired) electrons. The molecule has 0 bridgehead atoms. The van der Waals surface area contributed by atoms with E-state index in [0.29, 0.717) is 28.4 Å². The number of nitriles is 1. The van der Waals surface area contributed by atoms with Crippen molar-refractivity contribution in [3.05, 3.63) is 74.9 Å². The first-order chi connectivity index (χ1) is 15.4. The van der Waals surface area contributed by atoms with Gasteiger partial charge >= 0.3 is 0 Å². The molecule has 6 nitrogen and oxygen atoms in total. The van der Waals surface area contributed by atoms with Crippen LogP contribution in [0.2, 0.25) is 0 Å². The molecule has 0 saturated carbocycles. The minimum Gasteiger partial charge on any atom is -0.465 e. The SMILES string of the molecule is Cc1ccc(C2C(C#N)=C(SCC(=O)Nc3cccc(C)c3C)NC3=C2C(=O)CCC3)o1. The first-order valence-electron chi connectivity index (χ1n) is 10.6. The summed E-state index contributed by atoms with van der Waals surface area (Å²) in [6.45, 7) is 5.82. The van der Waals surface area contributed by atoms with Gasteiger partial charge in [0.1, 0.15) is 11.5 Å². The zero-order valence-electron chi connectivity index (χ0n) is 18.4. The number of nitrogens with zero attached hydrogens (tertiary/aromatic N) is 1. The number of allylic oxidation sites excluding steroid dienone is 3. The molecule has 1 atom stereocenters. The number of hydrogen-bond acceptors (Lipinski definition) is 6. The van der Waals surface area contributed by atoms with Gasteiger partial charge in [0.15, 0.2) is 5.78 Å². The average Bonchev–Trinajstić information content (AvgIpc) is 3.20. The summed E-state index contributed by atoms with van der Waals surface area (Å²) in [5, 5.41) is 16.9. The van der Waals surface area contributed by atoms with Crippen LogP contribution in [0, 0.1) is 32.1 Å². The first kappa shape index (κ1) is 22.0. The van der Waals surface area contributed by atoms with Crippen molar-refractivity contribution in [1.82, 2.24) is 5.32 Å². The lowest BCUT2D eigenvalue weighted by molar-refractivity contribution is -0.116. The van der Waals surface area contributed by atoms with E-state index in [0.717, 1.165) is 41.1 Å². The second kappa shape index (κ2) is 9.09. The van der Waals surface area contributed by atoms with Crippen LogP contribution in [0.4, 0.5) is 5.69 Å². The van der Waals surface area contributed by atoms with Gasteiger partial charge in [-0.25, -0.2) is 0 Å². The van der Waals surface area contributed by atoms with Gasteiger partial charge in [0.2, 0.25) is 5.91 Å². The monoisotopic (exact) mass is 447 g/mol. The van der Waals surface area contributed by atoms with E-state index in [4.69, 9.17) is 4.42 Å². The second-order valence-electron chi connectivity index (χ2n) is 8.11. The maximum absolute atomic E-state index is 12.8. The highest BCUT2D eigenvalue weighted by molar-refractivity contribution is 8.03. The topological polar surface area (TPSA) is 95.1 Å². The van der Waals surface area contributed by atoms with Crippen LogP contribution in [0.25, 0.3) is 0 Å². The summed E-state index contributed by atoms with van der Waals surface area (Å²) in [5.41, 5.74) is 4.79. The van der Waals surface area contributed by atoms with E-state index in [1.165, 1.54) is 11.8 Å². The number of carbonyl (C=O) groups excluding carboxylic acids is 2. The Bertz CT molecular complexity index is 1200. The lowest BCUT2D eigenvalue weighted by atomic mass is 9.79. The van der Waals surface area contributed by atoms with Gasteiger partial charge in [0, 0.05) is 23.4 Å². The Morgan fingerprint density at radius 2 is 2.06 bits per heavy atom. The van der Waals surface area contributed by atoms with Crippen molar-refractivity contribution >= 4 is 29.1 Å². The van der Waals surface area contributed by atoms with E-state index >= 15 is 0 Å². The summed E-state index contributed by atoms with van der Waals surface area (Å²) in [5.74, 6) is 0.802. The number of Topliss-reactive ketones (excluding diaryl/α,β-unsaturated/α-hetero) is 1. The molecule has 1 aromatic heterocycles. The summed E-state index contributed by atoms with van der Waals surface area (Å²) >= 11 is 1.28. The third kappa shape index (κ3) is 4.23. The van der Waals surface area contributed by atoms with Crippen molar-refractivity contribution in [2.24, 2.45) is 0 Å². The maximum Gasteiger partial charge on any atom is 0.234 e. The molecule has 0 fully saturated rings. The number of amides is 1. The van der Waals surface area contributed by atoms with E-state index < -0.39 is 5.92 Å². The maximum atomic E-state index is 12.8. The smallest absolute Gasteiger partial charge is 0.234 e. The number of furan rings is 1. The van der Waals surface area contributed by atoms with Crippen molar-refractivity contribution in [3.8, 4) is 6.07 Å². The number of aryl methyl sites for hydroxylation is 2. The molecule has 1 unspecified atom stereocenters. The van der Waals surface area contributed by atoms with E-state index in [2.05, 4.69) is 16.7 Å². The molecule has 4 rings (SSSR count). The van der Waals surface area contributed by atoms with Gasteiger partial charge in [0.05, 0.1) is 28.3 Å². The summed E-state index contributed by atoms with van der Waals surface area (Å²) in [4.78, 5) is 25.4. The van der Waals surface area contributed by atoms with Crippen molar-refractivity contribution in [3.63, 3.8) is 0 Å². The van der Waals surface area contributed by atoms with Crippen LogP contribution in [0.3, 0.4) is 0 Å². The number of anilines is 1. The van der Waals surface area contributed by atoms with Crippen LogP contribution in [-0.2, 0) is 9.59 Å². The minimum atomic E-state index is -0.540. The van der Waals surface area contributed by atoms with Gasteiger partial charge in [0.25, 0.3) is 0 Å². The molecule has 32 heavy (non-hydrogen) atoms. The van der Waals surface area contributed by atoms with Gasteiger partial charge < -0.3 is 15.1 Å². The van der Waals surface area contributed by atoms with Crippen molar-refractivity contribution in [2.45, 2.75) is 46.0 Å². The largest absolute Gasteiger partial charge is 0.465 e. The molecule has 0 saturated heterocycles. The van der Waals surface area contributed by atoms with Gasteiger partial charge in [-0.05, 0) is 62.9 Å². The van der Waals surface area contributed by atoms with E-state index in [-0.39, 0.29) is 17.4 Å². The van der Waals surface area contributed by atoms with Crippen LogP contribution >= 0.6 is 11.8 Å². The molecule has 164 valence electrons. The van der Waals surface area contributed by atoms with Crippen LogP contribution in [0.5, 0.6) is 0 Å². The molecule has 1 aromatic carbocycles. The predicted octanol–water partition coefficient (Wildman–Crippen LogP) is 5.01. The van der Waals surface area contributed by atoms with E-state index in [9.17, 15) is 14.9 Å². The zero-order valence-corrected chi connectivity index (χ0v) is 19.2. The Balaban J connectivity index is 1.60. The predicted molar refractivity (Wildman–Crippen MR) is 125 cm³/mol. The minimum absolute atomic E-state index is 0.0438. The number of carbonyl (C=O) groups is 2. The highest BCUT2D eigenvalue weighted by Crippen LogP contribution is 2.44. The lowest BCUT2D eigenvalue weighted by Gasteiger charge is -2.32. The van der Waals surface area contributed by atoms with Crippen LogP contribution in [-0.4, -0.2) is 17.4 Å². The highest BCUT2D eigenvalue weighted by atomic mass is 32.2. The van der Waals surface area contributed by atoms with E-state index in [1.54, 1.807) is 0 Å². The summed E-state index contributed by atoms with van der Waals surface area (Å²) in [7, 11) is 0. The molecule has 2 aromatic rings. The fourth-order valence-electron chi connectivity index (χ4n) is 4.14. The van der Waals surface area contributed by atoms with Gasteiger partial charge in [-0.3, -0.25) is 9.59 Å². The molecule has 2 heterocycles. The third-order valence-corrected chi connectivity index (χ3v) is 6.95. The standard InChI is InChI=1S/C25H25N3O3S/c1-14-6-4-7-18(16(14)3)27-22(30)13-32-25-17(12-26)23(21-11-10-15(2)31-21)24-19(28-25)8-5-9-20(24)29/h4,6-7,10-11,23,28H,5,8-9,13H2,1-3H3,(H,27,30). The third-order valence-electron chi connectivity index (χ3n) is 5.93. The normalized spacial score (nSPS) is 18.2. The Morgan fingerprint density at radius 1 is 1.25 bits per heavy atom. The van der Waals surface area contributed by atoms with Crippen molar-refractivity contribution in [1.29, 1.82) is 5.26 Å². The average molecular weight is 448 g/mol. The number of benzene rings is 1. The van der Waals surface area contributed by atoms with Gasteiger partial charge in [-0.15, -0.1) is 0 Å². The summed E-state index contributed by atoms with van der Waals surface area (Å²) < 4.78 is 5.84. The molecule has 0 spiro atoms. The molecule has 2 N–H and O–H groups in total. The fraction of sp³-hybridized carbons (Fsp3) is 0.320. The van der Waals surface area contributed by atoms with Crippen LogP contribution in [0.1, 0.15) is 47.8 Å². The van der Waals surface area contributed by atoms with Crippen molar-refractivity contribution in [2.75, 3.05) is 11.1 Å². The summed E-state index contributed by atoms with van der Waals surface area (Å²) in [6, 6.07) is 11.7. The molecular weight excluding hydrogens is 422 g/mol. The lowest BCUT2D eigenvalue weighted by Crippen LogP contribution is -2.31. The Morgan fingerprint density at radius 3 is 2.78 bits per heavy atom. The van der Waals surface area contributed by atoms with Crippen molar-refractivity contribution < 1.29 is 14.0 Å². The quantitative estimate of drug-likeness (QED) is 0.669. The second-order valence-corrected chi connectivity index (χ2v) is 9.10. The van der Waals surface area contributed by atoms with Gasteiger partial charge in [-0.1, -0.05) is 23.9 Å². The Hall–Kier alpha value is -3.24. The number of thioether (sulfide) groups is 1. The summed E-state index contributed by atoms with van der Waals surface area (Å²) in [6.07, 6.45) is 1.96. The van der Waals surface area contributed by atoms with Crippen LogP contribution in [0.15, 0.2) is 56.6 Å². The Kier molecular flexibility index (Phi) is 6.24.